The van der Waals surface area contributed by atoms with E-state index < -0.39 is 5.82 Å². The highest BCUT2D eigenvalue weighted by atomic mass is 19.1. The van der Waals surface area contributed by atoms with Crippen LogP contribution in [0, 0.1) is 12.7 Å². The molecule has 1 aliphatic rings. The number of fused-ring (bicyclic) bond motifs is 1. The largest absolute Gasteiger partial charge is 0.464 e. The molecule has 4 rings (SSSR count). The number of rotatable bonds is 5. The number of nitrogens with two attached hydrogens (primary N) is 1. The summed E-state index contributed by atoms with van der Waals surface area (Å²) >= 11 is 0. The molecule has 1 aromatic carbocycles. The van der Waals surface area contributed by atoms with Gasteiger partial charge in [0.2, 0.25) is 0 Å². The molecule has 1 unspecified atom stereocenters. The third-order valence-corrected chi connectivity index (χ3v) is 4.55. The SMILES string of the molecule is CCOc1nc(N)c2c(n1)N(Cc1ccc(C)cc1)C(c1cncc(F)c1)N2. The van der Waals surface area contributed by atoms with Crippen LogP contribution in [0.2, 0.25) is 0 Å². The Kier molecular flexibility index (Phi) is 4.68. The van der Waals surface area contributed by atoms with Gasteiger partial charge in [-0.1, -0.05) is 29.8 Å². The van der Waals surface area contributed by atoms with E-state index in [2.05, 4.69) is 44.5 Å². The first-order chi connectivity index (χ1) is 13.5. The van der Waals surface area contributed by atoms with Crippen LogP contribution in [0.15, 0.2) is 42.7 Å². The molecule has 2 aromatic heterocycles. The zero-order valence-corrected chi connectivity index (χ0v) is 15.7. The van der Waals surface area contributed by atoms with Gasteiger partial charge in [0.15, 0.2) is 11.6 Å². The third-order valence-electron chi connectivity index (χ3n) is 4.55. The van der Waals surface area contributed by atoms with E-state index in [4.69, 9.17) is 10.5 Å². The minimum absolute atomic E-state index is 0.215. The predicted molar refractivity (Wildman–Crippen MR) is 106 cm³/mol. The van der Waals surface area contributed by atoms with Gasteiger partial charge in [0.25, 0.3) is 0 Å². The molecule has 0 fully saturated rings. The molecule has 144 valence electrons. The zero-order chi connectivity index (χ0) is 19.7. The van der Waals surface area contributed by atoms with Crippen LogP contribution in [-0.4, -0.2) is 21.6 Å². The van der Waals surface area contributed by atoms with Crippen LogP contribution in [0.1, 0.15) is 29.8 Å². The number of hydrogen-bond donors (Lipinski definition) is 2. The molecular weight excluding hydrogens is 359 g/mol. The first-order valence-corrected chi connectivity index (χ1v) is 9.04. The quantitative estimate of drug-likeness (QED) is 0.701. The fraction of sp³-hybridized carbons (Fsp3) is 0.250. The molecule has 0 saturated carbocycles. The Bertz CT molecular complexity index is 994. The normalized spacial score (nSPS) is 15.2. The molecule has 3 aromatic rings. The molecule has 7 nitrogen and oxygen atoms in total. The molecular formula is C20H21FN6O. The monoisotopic (exact) mass is 380 g/mol. The molecule has 3 N–H and O–H groups in total. The van der Waals surface area contributed by atoms with Gasteiger partial charge in [-0.3, -0.25) is 4.98 Å². The Morgan fingerprint density at radius 3 is 2.71 bits per heavy atom. The van der Waals surface area contributed by atoms with Crippen molar-refractivity contribution in [3.8, 4) is 6.01 Å². The number of halogens is 1. The fourth-order valence-electron chi connectivity index (χ4n) is 3.22. The highest BCUT2D eigenvalue weighted by Crippen LogP contribution is 2.44. The van der Waals surface area contributed by atoms with Crippen molar-refractivity contribution in [2.24, 2.45) is 0 Å². The van der Waals surface area contributed by atoms with Gasteiger partial charge in [0.1, 0.15) is 17.7 Å². The highest BCUT2D eigenvalue weighted by molar-refractivity contribution is 5.82. The van der Waals surface area contributed by atoms with Gasteiger partial charge in [-0.15, -0.1) is 0 Å². The summed E-state index contributed by atoms with van der Waals surface area (Å²) in [5.41, 5.74) is 9.68. The number of anilines is 3. The van der Waals surface area contributed by atoms with Crippen LogP contribution in [0.25, 0.3) is 0 Å². The van der Waals surface area contributed by atoms with Crippen molar-refractivity contribution in [2.75, 3.05) is 22.6 Å². The van der Waals surface area contributed by atoms with E-state index in [1.165, 1.54) is 17.8 Å². The first kappa shape index (κ1) is 18.0. The number of hydrogen-bond acceptors (Lipinski definition) is 7. The summed E-state index contributed by atoms with van der Waals surface area (Å²) in [6.45, 7) is 4.88. The summed E-state index contributed by atoms with van der Waals surface area (Å²) in [6, 6.07) is 9.89. The van der Waals surface area contributed by atoms with E-state index in [9.17, 15) is 4.39 Å². The van der Waals surface area contributed by atoms with Crippen molar-refractivity contribution in [1.82, 2.24) is 15.0 Å². The van der Waals surface area contributed by atoms with E-state index in [0.717, 1.165) is 5.56 Å². The highest BCUT2D eigenvalue weighted by Gasteiger charge is 2.34. The molecule has 0 saturated heterocycles. The van der Waals surface area contributed by atoms with E-state index >= 15 is 0 Å². The Morgan fingerprint density at radius 2 is 2.00 bits per heavy atom. The number of nitrogens with one attached hydrogen (secondary N) is 1. The maximum absolute atomic E-state index is 13.8. The molecule has 1 aliphatic heterocycles. The molecule has 28 heavy (non-hydrogen) atoms. The average molecular weight is 380 g/mol. The maximum atomic E-state index is 13.8. The second-order valence-corrected chi connectivity index (χ2v) is 6.62. The van der Waals surface area contributed by atoms with Crippen molar-refractivity contribution in [2.45, 2.75) is 26.6 Å². The summed E-state index contributed by atoms with van der Waals surface area (Å²) in [7, 11) is 0. The average Bonchev–Trinajstić information content (AvgIpc) is 3.03. The lowest BCUT2D eigenvalue weighted by atomic mass is 10.1. The summed E-state index contributed by atoms with van der Waals surface area (Å²) in [6.07, 6.45) is 2.42. The number of nitrogen functional groups attached to an aromatic ring is 1. The number of benzene rings is 1. The minimum atomic E-state index is -0.403. The van der Waals surface area contributed by atoms with Gasteiger partial charge in [-0.25, -0.2) is 4.39 Å². The Labute approximate surface area is 162 Å². The van der Waals surface area contributed by atoms with Crippen LogP contribution in [0.4, 0.5) is 21.7 Å². The number of aromatic nitrogens is 3. The van der Waals surface area contributed by atoms with Gasteiger partial charge in [-0.2, -0.15) is 9.97 Å². The maximum Gasteiger partial charge on any atom is 0.320 e. The molecule has 0 spiro atoms. The second-order valence-electron chi connectivity index (χ2n) is 6.62. The van der Waals surface area contributed by atoms with Crippen molar-refractivity contribution >= 4 is 17.3 Å². The van der Waals surface area contributed by atoms with Gasteiger partial charge in [-0.05, 0) is 25.5 Å². The summed E-state index contributed by atoms with van der Waals surface area (Å²) in [5, 5.41) is 3.31. The van der Waals surface area contributed by atoms with Crippen molar-refractivity contribution in [1.29, 1.82) is 0 Å². The molecule has 0 aliphatic carbocycles. The molecule has 8 heteroatoms. The van der Waals surface area contributed by atoms with E-state index in [0.29, 0.717) is 30.2 Å². The summed E-state index contributed by atoms with van der Waals surface area (Å²) < 4.78 is 19.3. The van der Waals surface area contributed by atoms with Crippen LogP contribution >= 0.6 is 0 Å². The van der Waals surface area contributed by atoms with Gasteiger partial charge >= 0.3 is 6.01 Å². The first-order valence-electron chi connectivity index (χ1n) is 9.04. The van der Waals surface area contributed by atoms with Crippen LogP contribution < -0.4 is 20.7 Å². The van der Waals surface area contributed by atoms with Gasteiger partial charge in [0, 0.05) is 18.3 Å². The zero-order valence-electron chi connectivity index (χ0n) is 15.7. The van der Waals surface area contributed by atoms with Gasteiger partial charge in [0.05, 0.1) is 12.8 Å². The van der Waals surface area contributed by atoms with E-state index in [1.807, 2.05) is 18.7 Å². The molecule has 1 atom stereocenters. The van der Waals surface area contributed by atoms with Crippen LogP contribution in [-0.2, 0) is 6.54 Å². The molecule has 0 amide bonds. The topological polar surface area (TPSA) is 89.2 Å². The number of pyridine rings is 1. The van der Waals surface area contributed by atoms with E-state index in [-0.39, 0.29) is 18.0 Å². The number of aryl methyl sites for hydroxylation is 1. The predicted octanol–water partition coefficient (Wildman–Crippen LogP) is 3.43. The summed E-state index contributed by atoms with van der Waals surface area (Å²) in [5.74, 6) is 0.500. The van der Waals surface area contributed by atoms with E-state index in [1.54, 1.807) is 6.20 Å². The van der Waals surface area contributed by atoms with Gasteiger partial charge < -0.3 is 20.7 Å². The summed E-state index contributed by atoms with van der Waals surface area (Å²) in [4.78, 5) is 14.7. The lowest BCUT2D eigenvalue weighted by Crippen LogP contribution is -2.28. The van der Waals surface area contributed by atoms with Crippen LogP contribution in [0.5, 0.6) is 6.01 Å². The fourth-order valence-corrected chi connectivity index (χ4v) is 3.22. The molecule has 0 radical (unpaired) electrons. The van der Waals surface area contributed by atoms with Crippen molar-refractivity contribution in [3.05, 3.63) is 65.2 Å². The molecule has 3 heterocycles. The van der Waals surface area contributed by atoms with Crippen LogP contribution in [0.3, 0.4) is 0 Å². The lowest BCUT2D eigenvalue weighted by Gasteiger charge is -2.26. The van der Waals surface area contributed by atoms with Crippen molar-refractivity contribution < 1.29 is 9.13 Å². The minimum Gasteiger partial charge on any atom is -0.464 e. The Morgan fingerprint density at radius 1 is 1.21 bits per heavy atom. The lowest BCUT2D eigenvalue weighted by molar-refractivity contribution is 0.313. The Hall–Kier alpha value is -3.42. The van der Waals surface area contributed by atoms with Crippen molar-refractivity contribution in [3.63, 3.8) is 0 Å². The third kappa shape index (κ3) is 3.40. The second kappa shape index (κ2) is 7.30. The Balaban J connectivity index is 1.77. The molecule has 0 bridgehead atoms. The number of nitrogens with zero attached hydrogens (tertiary/aromatic N) is 4. The number of ether oxygens (including phenoxy) is 1. The standard InChI is InChI=1S/C20H21FN6O/c1-3-28-20-25-17(22)16-19(26-20)27(11-13-6-4-12(2)5-7-13)18(24-16)14-8-15(21)10-23-9-14/h4-10,18,24H,3,11H2,1-2H3,(H2,22,25,26). The smallest absolute Gasteiger partial charge is 0.320 e.